The smallest absolute Gasteiger partial charge is 0.272 e. The van der Waals surface area contributed by atoms with Gasteiger partial charge in [0.2, 0.25) is 0 Å². The first-order chi connectivity index (χ1) is 9.74. The van der Waals surface area contributed by atoms with Crippen molar-refractivity contribution in [3.63, 3.8) is 0 Å². The van der Waals surface area contributed by atoms with E-state index in [1.54, 1.807) is 18.5 Å². The fraction of sp³-hybridized carbons (Fsp3) is 0.417. The second-order valence-corrected chi connectivity index (χ2v) is 4.05. The Bertz CT molecular complexity index is 563. The summed E-state index contributed by atoms with van der Waals surface area (Å²) in [6.07, 6.45) is 1.63. The minimum Gasteiger partial charge on any atom is -0.369 e. The van der Waals surface area contributed by atoms with E-state index in [4.69, 9.17) is 0 Å². The molecule has 0 radical (unpaired) electrons. The number of hydrogen-bond donors (Lipinski definition) is 2. The molecular formula is C12H17N7O. The average molecular weight is 275 g/mol. The van der Waals surface area contributed by atoms with Gasteiger partial charge in [-0.05, 0) is 26.0 Å². The van der Waals surface area contributed by atoms with Crippen molar-refractivity contribution in [1.82, 2.24) is 30.3 Å². The third kappa shape index (κ3) is 3.28. The predicted octanol–water partition coefficient (Wildman–Crippen LogP) is 0.450. The lowest BCUT2D eigenvalue weighted by Gasteiger charge is -2.06. The highest BCUT2D eigenvalue weighted by Gasteiger charge is 2.10. The molecule has 2 N–H and O–H groups in total. The number of amides is 1. The normalized spacial score (nSPS) is 10.3. The predicted molar refractivity (Wildman–Crippen MR) is 73.1 cm³/mol. The fourth-order valence-electron chi connectivity index (χ4n) is 1.66. The molecular weight excluding hydrogens is 258 g/mol. The molecule has 0 aliphatic rings. The second-order valence-electron chi connectivity index (χ2n) is 4.05. The van der Waals surface area contributed by atoms with Crippen molar-refractivity contribution in [3.8, 4) is 0 Å². The van der Waals surface area contributed by atoms with Gasteiger partial charge in [0.1, 0.15) is 12.1 Å². The van der Waals surface area contributed by atoms with Gasteiger partial charge in [0.05, 0.1) is 6.54 Å². The number of aromatic nitrogens is 5. The van der Waals surface area contributed by atoms with E-state index in [-0.39, 0.29) is 11.6 Å². The van der Waals surface area contributed by atoms with Gasteiger partial charge in [0.15, 0.2) is 11.5 Å². The molecule has 106 valence electrons. The van der Waals surface area contributed by atoms with Crippen LogP contribution in [0.15, 0.2) is 18.5 Å². The minimum absolute atomic E-state index is 0.272. The molecule has 8 nitrogen and oxygen atoms in total. The Morgan fingerprint density at radius 3 is 2.75 bits per heavy atom. The number of rotatable bonds is 6. The summed E-state index contributed by atoms with van der Waals surface area (Å²) in [5.74, 6) is 1.07. The van der Waals surface area contributed by atoms with E-state index in [9.17, 15) is 4.79 Å². The molecule has 0 bridgehead atoms. The first-order valence-corrected chi connectivity index (χ1v) is 6.47. The zero-order chi connectivity index (χ0) is 14.4. The molecule has 0 saturated carbocycles. The lowest BCUT2D eigenvalue weighted by atomic mass is 10.3. The Morgan fingerprint density at radius 2 is 2.10 bits per heavy atom. The molecule has 0 aromatic carbocycles. The Labute approximate surface area is 116 Å². The van der Waals surface area contributed by atoms with Gasteiger partial charge in [0, 0.05) is 13.1 Å². The van der Waals surface area contributed by atoms with E-state index in [0.29, 0.717) is 18.2 Å². The fourth-order valence-corrected chi connectivity index (χ4v) is 1.66. The van der Waals surface area contributed by atoms with Crippen LogP contribution in [0.4, 0.5) is 5.82 Å². The van der Waals surface area contributed by atoms with Gasteiger partial charge < -0.3 is 15.2 Å². The topological polar surface area (TPSA) is 97.6 Å². The number of nitrogens with one attached hydrogen (secondary N) is 2. The molecule has 8 heteroatoms. The molecule has 0 spiro atoms. The minimum atomic E-state index is -0.286. The molecule has 0 saturated heterocycles. The molecule has 0 fully saturated rings. The van der Waals surface area contributed by atoms with Crippen LogP contribution >= 0.6 is 0 Å². The van der Waals surface area contributed by atoms with Crippen LogP contribution in [-0.2, 0) is 13.1 Å². The summed E-state index contributed by atoms with van der Waals surface area (Å²) in [5.41, 5.74) is 0.272. The molecule has 2 rings (SSSR count). The first-order valence-electron chi connectivity index (χ1n) is 6.47. The maximum absolute atomic E-state index is 11.9. The SMILES string of the molecule is CCNc1ccc(C(=O)NCc2nncn2CC)nn1. The first kappa shape index (κ1) is 13.9. The number of anilines is 1. The van der Waals surface area contributed by atoms with Gasteiger partial charge in [-0.1, -0.05) is 0 Å². The monoisotopic (exact) mass is 275 g/mol. The summed E-state index contributed by atoms with van der Waals surface area (Å²) >= 11 is 0. The van der Waals surface area contributed by atoms with Crippen molar-refractivity contribution in [2.24, 2.45) is 0 Å². The molecule has 2 heterocycles. The van der Waals surface area contributed by atoms with Crippen LogP contribution in [0.2, 0.25) is 0 Å². The third-order valence-electron chi connectivity index (χ3n) is 2.70. The summed E-state index contributed by atoms with van der Waals surface area (Å²) in [4.78, 5) is 11.9. The lowest BCUT2D eigenvalue weighted by Crippen LogP contribution is -2.25. The van der Waals surface area contributed by atoms with Crippen molar-refractivity contribution >= 4 is 11.7 Å². The van der Waals surface area contributed by atoms with Crippen LogP contribution in [0.25, 0.3) is 0 Å². The molecule has 0 aliphatic heterocycles. The summed E-state index contributed by atoms with van der Waals surface area (Å²) in [5, 5.41) is 21.3. The van der Waals surface area contributed by atoms with E-state index in [2.05, 4.69) is 31.0 Å². The highest BCUT2D eigenvalue weighted by Crippen LogP contribution is 2.02. The zero-order valence-corrected chi connectivity index (χ0v) is 11.5. The lowest BCUT2D eigenvalue weighted by molar-refractivity contribution is 0.0943. The van der Waals surface area contributed by atoms with Crippen LogP contribution in [0.5, 0.6) is 0 Å². The van der Waals surface area contributed by atoms with Crippen molar-refractivity contribution in [2.45, 2.75) is 26.9 Å². The van der Waals surface area contributed by atoms with Crippen molar-refractivity contribution < 1.29 is 4.79 Å². The molecule has 0 atom stereocenters. The van der Waals surface area contributed by atoms with Crippen LogP contribution in [0, 0.1) is 0 Å². The van der Waals surface area contributed by atoms with Crippen LogP contribution in [0.3, 0.4) is 0 Å². The molecule has 2 aromatic heterocycles. The van der Waals surface area contributed by atoms with Crippen molar-refractivity contribution in [1.29, 1.82) is 0 Å². The summed E-state index contributed by atoms with van der Waals surface area (Å²) in [6.45, 7) is 5.78. The maximum Gasteiger partial charge on any atom is 0.272 e. The Morgan fingerprint density at radius 1 is 1.25 bits per heavy atom. The van der Waals surface area contributed by atoms with Gasteiger partial charge in [-0.15, -0.1) is 20.4 Å². The molecule has 1 amide bonds. The number of carbonyl (C=O) groups is 1. The molecule has 2 aromatic rings. The number of hydrogen-bond acceptors (Lipinski definition) is 6. The van der Waals surface area contributed by atoms with E-state index in [0.717, 1.165) is 13.1 Å². The summed E-state index contributed by atoms with van der Waals surface area (Å²) in [6, 6.07) is 3.35. The standard InChI is InChI=1S/C12H17N7O/c1-3-13-10-6-5-9(16-17-10)12(20)14-7-11-18-15-8-19(11)4-2/h5-6,8H,3-4,7H2,1-2H3,(H,13,17)(H,14,20). The van der Waals surface area contributed by atoms with E-state index in [1.165, 1.54) is 0 Å². The van der Waals surface area contributed by atoms with E-state index < -0.39 is 0 Å². The van der Waals surface area contributed by atoms with Gasteiger partial charge in [0.25, 0.3) is 5.91 Å². The second kappa shape index (κ2) is 6.60. The largest absolute Gasteiger partial charge is 0.369 e. The van der Waals surface area contributed by atoms with Crippen LogP contribution in [-0.4, -0.2) is 37.4 Å². The number of carbonyl (C=O) groups excluding carboxylic acids is 1. The summed E-state index contributed by atoms with van der Waals surface area (Å²) < 4.78 is 1.86. The highest BCUT2D eigenvalue weighted by atomic mass is 16.1. The Hall–Kier alpha value is -2.51. The number of aryl methyl sites for hydroxylation is 1. The molecule has 0 unspecified atom stereocenters. The third-order valence-corrected chi connectivity index (χ3v) is 2.70. The van der Waals surface area contributed by atoms with Gasteiger partial charge in [-0.3, -0.25) is 4.79 Å². The summed E-state index contributed by atoms with van der Waals surface area (Å²) in [7, 11) is 0. The van der Waals surface area contributed by atoms with Gasteiger partial charge in [-0.25, -0.2) is 0 Å². The molecule has 20 heavy (non-hydrogen) atoms. The van der Waals surface area contributed by atoms with Gasteiger partial charge >= 0.3 is 0 Å². The Kier molecular flexibility index (Phi) is 4.59. The van der Waals surface area contributed by atoms with Crippen LogP contribution < -0.4 is 10.6 Å². The van der Waals surface area contributed by atoms with E-state index >= 15 is 0 Å². The Balaban J connectivity index is 1.94. The highest BCUT2D eigenvalue weighted by molar-refractivity contribution is 5.92. The van der Waals surface area contributed by atoms with Crippen molar-refractivity contribution in [2.75, 3.05) is 11.9 Å². The molecule has 0 aliphatic carbocycles. The van der Waals surface area contributed by atoms with E-state index in [1.807, 2.05) is 18.4 Å². The van der Waals surface area contributed by atoms with Crippen molar-refractivity contribution in [3.05, 3.63) is 30.0 Å². The number of nitrogens with zero attached hydrogens (tertiary/aromatic N) is 5. The zero-order valence-electron chi connectivity index (χ0n) is 11.5. The van der Waals surface area contributed by atoms with Gasteiger partial charge in [-0.2, -0.15) is 0 Å². The maximum atomic E-state index is 11.9. The average Bonchev–Trinajstić information content (AvgIpc) is 2.93. The van der Waals surface area contributed by atoms with Crippen LogP contribution in [0.1, 0.15) is 30.2 Å². The quantitative estimate of drug-likeness (QED) is 0.794.